The highest BCUT2D eigenvalue weighted by molar-refractivity contribution is 6.35. The molecule has 29 heavy (non-hydrogen) atoms. The smallest absolute Gasteiger partial charge is 0.232 e. The van der Waals surface area contributed by atoms with Gasteiger partial charge in [-0.2, -0.15) is 0 Å². The van der Waals surface area contributed by atoms with Gasteiger partial charge in [0.05, 0.1) is 5.69 Å². The molecule has 1 unspecified atom stereocenters. The monoisotopic (exact) mass is 427 g/mol. The van der Waals surface area contributed by atoms with E-state index in [1.807, 2.05) is 31.2 Å². The maximum absolute atomic E-state index is 13.4. The van der Waals surface area contributed by atoms with E-state index in [2.05, 4.69) is 13.8 Å². The van der Waals surface area contributed by atoms with Gasteiger partial charge in [-0.3, -0.25) is 14.5 Å². The fourth-order valence-corrected chi connectivity index (χ4v) is 5.14. The van der Waals surface area contributed by atoms with Crippen molar-refractivity contribution in [3.63, 3.8) is 0 Å². The number of carbonyl (C=O) groups is 2. The molecule has 0 radical (unpaired) electrons. The average molecular weight is 428 g/mol. The van der Waals surface area contributed by atoms with Gasteiger partial charge in [-0.15, -0.1) is 0 Å². The number of hydrogen-bond acceptors (Lipinski definition) is 2. The van der Waals surface area contributed by atoms with E-state index >= 15 is 0 Å². The van der Waals surface area contributed by atoms with Crippen molar-refractivity contribution in [3.05, 3.63) is 74.9 Å². The lowest BCUT2D eigenvalue weighted by Crippen LogP contribution is -2.43. The molecule has 0 saturated heterocycles. The zero-order valence-corrected chi connectivity index (χ0v) is 18.3. The summed E-state index contributed by atoms with van der Waals surface area (Å²) in [5.74, 6) is -0.135. The molecule has 1 aliphatic heterocycles. The standard InChI is InChI=1S/C24H23Cl2NO2/c1-14-6-4-5-7-18(14)19-11-22(29)27(17-9-15(25)8-16(26)10-17)20-12-24(2,3)13-21(28)23(19)20/h4-10,19H,11-13H2,1-3H3. The Kier molecular flexibility index (Phi) is 5.08. The number of benzene rings is 2. The summed E-state index contributed by atoms with van der Waals surface area (Å²) in [4.78, 5) is 28.4. The van der Waals surface area contributed by atoms with E-state index in [-0.39, 0.29) is 29.4 Å². The van der Waals surface area contributed by atoms with Gasteiger partial charge >= 0.3 is 0 Å². The van der Waals surface area contributed by atoms with E-state index in [0.717, 1.165) is 22.4 Å². The quantitative estimate of drug-likeness (QED) is 0.550. The fraction of sp³-hybridized carbons (Fsp3) is 0.333. The first kappa shape index (κ1) is 20.2. The summed E-state index contributed by atoms with van der Waals surface area (Å²) in [6, 6.07) is 13.1. The van der Waals surface area contributed by atoms with Crippen molar-refractivity contribution in [1.29, 1.82) is 0 Å². The molecule has 3 nitrogen and oxygen atoms in total. The van der Waals surface area contributed by atoms with Crippen LogP contribution in [0, 0.1) is 12.3 Å². The van der Waals surface area contributed by atoms with Crippen LogP contribution in [0.3, 0.4) is 0 Å². The molecule has 2 aliphatic rings. The van der Waals surface area contributed by atoms with Crippen molar-refractivity contribution in [2.45, 2.75) is 46.0 Å². The van der Waals surface area contributed by atoms with E-state index in [1.165, 1.54) is 0 Å². The number of Topliss-reactive ketones (excluding diaryl/α,β-unsaturated/α-hetero) is 1. The molecule has 0 fully saturated rings. The molecular weight excluding hydrogens is 405 g/mol. The van der Waals surface area contributed by atoms with Crippen LogP contribution in [0.25, 0.3) is 0 Å². The van der Waals surface area contributed by atoms with Gasteiger partial charge < -0.3 is 0 Å². The van der Waals surface area contributed by atoms with Crippen molar-refractivity contribution in [3.8, 4) is 0 Å². The first-order valence-corrected chi connectivity index (χ1v) is 10.5. The van der Waals surface area contributed by atoms with E-state index in [0.29, 0.717) is 28.6 Å². The first-order chi connectivity index (χ1) is 13.7. The van der Waals surface area contributed by atoms with Crippen molar-refractivity contribution in [2.24, 2.45) is 5.41 Å². The number of rotatable bonds is 2. The largest absolute Gasteiger partial charge is 0.294 e. The first-order valence-electron chi connectivity index (χ1n) is 9.77. The number of amides is 1. The number of allylic oxidation sites excluding steroid dienone is 2. The van der Waals surface area contributed by atoms with Gasteiger partial charge in [0, 0.05) is 40.1 Å². The second-order valence-corrected chi connectivity index (χ2v) is 9.64. The molecule has 0 spiro atoms. The Morgan fingerprint density at radius 1 is 1.00 bits per heavy atom. The molecule has 0 bridgehead atoms. The molecular formula is C24H23Cl2NO2. The van der Waals surface area contributed by atoms with Crippen molar-refractivity contribution < 1.29 is 9.59 Å². The molecule has 4 rings (SSSR count). The minimum atomic E-state index is -0.218. The topological polar surface area (TPSA) is 37.4 Å². The van der Waals surface area contributed by atoms with Crippen LogP contribution in [0.2, 0.25) is 10.0 Å². The lowest BCUT2D eigenvalue weighted by molar-refractivity contribution is -0.121. The Bertz CT molecular complexity index is 1030. The van der Waals surface area contributed by atoms with E-state index in [9.17, 15) is 9.59 Å². The van der Waals surface area contributed by atoms with Gasteiger partial charge in [0.15, 0.2) is 5.78 Å². The molecule has 150 valence electrons. The zero-order chi connectivity index (χ0) is 20.9. The van der Waals surface area contributed by atoms with Crippen LogP contribution >= 0.6 is 23.2 Å². The van der Waals surface area contributed by atoms with Gasteiger partial charge in [0.2, 0.25) is 5.91 Å². The van der Waals surface area contributed by atoms with Crippen LogP contribution in [0.4, 0.5) is 5.69 Å². The van der Waals surface area contributed by atoms with Crippen molar-refractivity contribution in [2.75, 3.05) is 4.90 Å². The number of nitrogens with zero attached hydrogens (tertiary/aromatic N) is 1. The molecule has 1 amide bonds. The van der Waals surface area contributed by atoms with Crippen molar-refractivity contribution >= 4 is 40.6 Å². The van der Waals surface area contributed by atoms with Crippen LogP contribution in [-0.2, 0) is 9.59 Å². The van der Waals surface area contributed by atoms with E-state index < -0.39 is 0 Å². The number of anilines is 1. The van der Waals surface area contributed by atoms with E-state index in [4.69, 9.17) is 23.2 Å². The second kappa shape index (κ2) is 7.30. The molecule has 1 aliphatic carbocycles. The van der Waals surface area contributed by atoms with Crippen LogP contribution in [0.5, 0.6) is 0 Å². The Morgan fingerprint density at radius 3 is 2.31 bits per heavy atom. The third-order valence-electron chi connectivity index (χ3n) is 5.81. The fourth-order valence-electron chi connectivity index (χ4n) is 4.63. The van der Waals surface area contributed by atoms with Gasteiger partial charge in [-0.05, 0) is 48.1 Å². The zero-order valence-electron chi connectivity index (χ0n) is 16.8. The SMILES string of the molecule is Cc1ccccc1C1CC(=O)N(c2cc(Cl)cc(Cl)c2)C2=C1C(=O)CC(C)(C)C2. The van der Waals surface area contributed by atoms with Crippen LogP contribution in [-0.4, -0.2) is 11.7 Å². The highest BCUT2D eigenvalue weighted by Crippen LogP contribution is 2.49. The molecule has 2 aromatic carbocycles. The summed E-state index contributed by atoms with van der Waals surface area (Å²) in [5, 5.41) is 0.926. The highest BCUT2D eigenvalue weighted by atomic mass is 35.5. The predicted octanol–water partition coefficient (Wildman–Crippen LogP) is 6.47. The predicted molar refractivity (Wildman–Crippen MR) is 118 cm³/mol. The third kappa shape index (κ3) is 3.74. The van der Waals surface area contributed by atoms with Gasteiger partial charge in [-0.1, -0.05) is 61.3 Å². The van der Waals surface area contributed by atoms with Crippen molar-refractivity contribution in [1.82, 2.24) is 0 Å². The highest BCUT2D eigenvalue weighted by Gasteiger charge is 2.44. The minimum Gasteiger partial charge on any atom is -0.294 e. The number of carbonyl (C=O) groups excluding carboxylic acids is 2. The van der Waals surface area contributed by atoms with Crippen LogP contribution in [0.15, 0.2) is 53.7 Å². The summed E-state index contributed by atoms with van der Waals surface area (Å²) >= 11 is 12.4. The maximum atomic E-state index is 13.4. The summed E-state index contributed by atoms with van der Waals surface area (Å²) in [5.41, 5.74) is 4.08. The summed E-state index contributed by atoms with van der Waals surface area (Å²) in [7, 11) is 0. The number of ketones is 1. The minimum absolute atomic E-state index is 0.0409. The third-order valence-corrected chi connectivity index (χ3v) is 6.25. The molecule has 1 atom stereocenters. The van der Waals surface area contributed by atoms with Gasteiger partial charge in [0.25, 0.3) is 0 Å². The summed E-state index contributed by atoms with van der Waals surface area (Å²) < 4.78 is 0. The Hall–Kier alpha value is -2.10. The average Bonchev–Trinajstić information content (AvgIpc) is 2.59. The van der Waals surface area contributed by atoms with Gasteiger partial charge in [0.1, 0.15) is 0 Å². The van der Waals surface area contributed by atoms with E-state index in [1.54, 1.807) is 23.1 Å². The Balaban J connectivity index is 1.94. The number of halogens is 2. The lowest BCUT2D eigenvalue weighted by Gasteiger charge is -2.43. The lowest BCUT2D eigenvalue weighted by atomic mass is 9.69. The molecule has 2 aromatic rings. The molecule has 5 heteroatoms. The van der Waals surface area contributed by atoms with Gasteiger partial charge in [-0.25, -0.2) is 0 Å². The second-order valence-electron chi connectivity index (χ2n) is 8.77. The number of hydrogen-bond donors (Lipinski definition) is 0. The Labute approximate surface area is 181 Å². The summed E-state index contributed by atoms with van der Waals surface area (Å²) in [6.45, 7) is 6.17. The van der Waals surface area contributed by atoms with Crippen LogP contribution < -0.4 is 4.90 Å². The molecule has 1 heterocycles. The maximum Gasteiger partial charge on any atom is 0.232 e. The molecule has 0 aromatic heterocycles. The number of aryl methyl sites for hydroxylation is 1. The Morgan fingerprint density at radius 2 is 1.66 bits per heavy atom. The molecule has 0 saturated carbocycles. The van der Waals surface area contributed by atoms with Crippen LogP contribution in [0.1, 0.15) is 50.2 Å². The molecule has 0 N–H and O–H groups in total. The summed E-state index contributed by atoms with van der Waals surface area (Å²) in [6.07, 6.45) is 1.37. The normalized spacial score (nSPS) is 21.4.